The molecular formula is C25H28F3NO. The summed E-state index contributed by atoms with van der Waals surface area (Å²) in [5.41, 5.74) is 0.252. The number of nitrogens with zero attached hydrogens (tertiary/aromatic N) is 1. The molecule has 3 rings (SSSR count). The molecule has 30 heavy (non-hydrogen) atoms. The number of hydrogen-bond donors (Lipinski definition) is 1. The van der Waals surface area contributed by atoms with Crippen molar-refractivity contribution in [3.63, 3.8) is 0 Å². The van der Waals surface area contributed by atoms with E-state index in [4.69, 9.17) is 0 Å². The zero-order valence-electron chi connectivity index (χ0n) is 17.8. The summed E-state index contributed by atoms with van der Waals surface area (Å²) in [6.45, 7) is 7.52. The summed E-state index contributed by atoms with van der Waals surface area (Å²) < 4.78 is 42.6. The highest BCUT2D eigenvalue weighted by Crippen LogP contribution is 2.44. The van der Waals surface area contributed by atoms with Crippen molar-refractivity contribution in [1.29, 1.82) is 0 Å². The van der Waals surface area contributed by atoms with Crippen molar-refractivity contribution in [1.82, 2.24) is 4.98 Å². The lowest BCUT2D eigenvalue weighted by molar-refractivity contribution is -0.266. The number of para-hydroxylation sites is 1. The van der Waals surface area contributed by atoms with Crippen LogP contribution in [0, 0.1) is 6.92 Å². The summed E-state index contributed by atoms with van der Waals surface area (Å²) in [6, 6.07) is 14.4. The highest BCUT2D eigenvalue weighted by atomic mass is 19.4. The van der Waals surface area contributed by atoms with Gasteiger partial charge in [0, 0.05) is 18.0 Å². The van der Waals surface area contributed by atoms with E-state index in [9.17, 15) is 18.3 Å². The lowest BCUT2D eigenvalue weighted by Crippen LogP contribution is -2.51. The molecule has 0 amide bonds. The second-order valence-corrected chi connectivity index (χ2v) is 8.70. The Morgan fingerprint density at radius 3 is 2.30 bits per heavy atom. The Labute approximate surface area is 175 Å². The lowest BCUT2D eigenvalue weighted by Gasteiger charge is -2.39. The number of aryl methyl sites for hydroxylation is 1. The number of aromatic nitrogens is 1. The van der Waals surface area contributed by atoms with Gasteiger partial charge in [0.1, 0.15) is 0 Å². The molecule has 0 spiro atoms. The minimum Gasteiger partial charge on any atom is -0.380 e. The largest absolute Gasteiger partial charge is 0.417 e. The van der Waals surface area contributed by atoms with Crippen molar-refractivity contribution in [2.24, 2.45) is 0 Å². The molecule has 0 aliphatic carbocycles. The minimum atomic E-state index is -4.77. The summed E-state index contributed by atoms with van der Waals surface area (Å²) in [5.74, 6) is 0. The van der Waals surface area contributed by atoms with E-state index in [0.29, 0.717) is 16.5 Å². The smallest absolute Gasteiger partial charge is 0.380 e. The number of halogens is 3. The SMILES string of the molecule is CCc1cccc(C(C)(C)CC(O)(Cc2ccnc3ccccc23)C(F)(F)F)c1C. The van der Waals surface area contributed by atoms with Crippen LogP contribution in [0.1, 0.15) is 49.4 Å². The molecular weight excluding hydrogens is 387 g/mol. The Kier molecular flexibility index (Phi) is 5.96. The van der Waals surface area contributed by atoms with Crippen LogP contribution in [0.4, 0.5) is 13.2 Å². The summed E-state index contributed by atoms with van der Waals surface area (Å²) in [5, 5.41) is 11.7. The fraction of sp³-hybridized carbons (Fsp3) is 0.400. The monoisotopic (exact) mass is 415 g/mol. The molecule has 0 radical (unpaired) electrons. The van der Waals surface area contributed by atoms with Crippen molar-refractivity contribution in [2.45, 2.75) is 64.1 Å². The van der Waals surface area contributed by atoms with Crippen LogP contribution in [-0.4, -0.2) is 21.9 Å². The number of rotatable bonds is 6. The van der Waals surface area contributed by atoms with E-state index in [1.165, 1.54) is 6.20 Å². The van der Waals surface area contributed by atoms with Crippen LogP contribution in [0.3, 0.4) is 0 Å². The van der Waals surface area contributed by atoms with E-state index >= 15 is 0 Å². The van der Waals surface area contributed by atoms with E-state index in [1.807, 2.05) is 32.0 Å². The molecule has 0 aliphatic rings. The first-order valence-electron chi connectivity index (χ1n) is 10.2. The third kappa shape index (κ3) is 4.22. The van der Waals surface area contributed by atoms with Crippen molar-refractivity contribution in [3.8, 4) is 0 Å². The fourth-order valence-corrected chi connectivity index (χ4v) is 4.51. The predicted molar refractivity (Wildman–Crippen MR) is 115 cm³/mol. The third-order valence-corrected chi connectivity index (χ3v) is 6.04. The second kappa shape index (κ2) is 8.03. The van der Waals surface area contributed by atoms with Crippen LogP contribution in [0.15, 0.2) is 54.7 Å². The quantitative estimate of drug-likeness (QED) is 0.512. The van der Waals surface area contributed by atoms with Crippen LogP contribution in [0.5, 0.6) is 0 Å². The van der Waals surface area contributed by atoms with Crippen LogP contribution in [0.25, 0.3) is 10.9 Å². The summed E-state index contributed by atoms with van der Waals surface area (Å²) in [4.78, 5) is 4.22. The molecule has 1 aromatic heterocycles. The minimum absolute atomic E-state index is 0.436. The Morgan fingerprint density at radius 2 is 1.63 bits per heavy atom. The van der Waals surface area contributed by atoms with Gasteiger partial charge in [-0.2, -0.15) is 13.2 Å². The van der Waals surface area contributed by atoms with Gasteiger partial charge in [-0.05, 0) is 59.6 Å². The lowest BCUT2D eigenvalue weighted by atomic mass is 9.71. The van der Waals surface area contributed by atoms with E-state index in [2.05, 4.69) is 4.98 Å². The molecule has 5 heteroatoms. The number of alkyl halides is 3. The van der Waals surface area contributed by atoms with Gasteiger partial charge in [0.05, 0.1) is 5.52 Å². The van der Waals surface area contributed by atoms with Gasteiger partial charge >= 0.3 is 6.18 Å². The standard InChI is InChI=1S/C25H28F3NO/c1-5-18-9-8-11-21(17(18)2)23(3,4)16-24(30,25(26,27)28)15-19-13-14-29-22-12-7-6-10-20(19)22/h6-14,30H,5,15-16H2,1-4H3. The number of pyridine rings is 1. The number of aliphatic hydroxyl groups is 1. The maximum Gasteiger partial charge on any atom is 0.417 e. The molecule has 0 saturated heterocycles. The highest BCUT2D eigenvalue weighted by molar-refractivity contribution is 5.81. The molecule has 1 N–H and O–H groups in total. The first kappa shape index (κ1) is 22.3. The summed E-state index contributed by atoms with van der Waals surface area (Å²) in [7, 11) is 0. The average molecular weight is 415 g/mol. The highest BCUT2D eigenvalue weighted by Gasteiger charge is 2.56. The van der Waals surface area contributed by atoms with E-state index in [1.54, 1.807) is 44.2 Å². The number of hydrogen-bond acceptors (Lipinski definition) is 2. The van der Waals surface area contributed by atoms with Crippen molar-refractivity contribution < 1.29 is 18.3 Å². The van der Waals surface area contributed by atoms with Gasteiger partial charge in [-0.3, -0.25) is 4.98 Å². The molecule has 0 bridgehead atoms. The molecule has 1 atom stereocenters. The van der Waals surface area contributed by atoms with Gasteiger partial charge in [-0.15, -0.1) is 0 Å². The van der Waals surface area contributed by atoms with Gasteiger partial charge < -0.3 is 5.11 Å². The first-order chi connectivity index (χ1) is 14.0. The normalized spacial score (nSPS) is 14.7. The molecule has 160 valence electrons. The second-order valence-electron chi connectivity index (χ2n) is 8.70. The van der Waals surface area contributed by atoms with Gasteiger partial charge in [-0.25, -0.2) is 0 Å². The van der Waals surface area contributed by atoms with E-state index in [0.717, 1.165) is 23.1 Å². The average Bonchev–Trinajstić information content (AvgIpc) is 2.67. The molecule has 1 heterocycles. The fourth-order valence-electron chi connectivity index (χ4n) is 4.51. The molecule has 2 aromatic carbocycles. The van der Waals surface area contributed by atoms with Gasteiger partial charge in [-0.1, -0.05) is 57.2 Å². The number of benzene rings is 2. The van der Waals surface area contributed by atoms with Crippen molar-refractivity contribution in [3.05, 3.63) is 77.0 Å². The van der Waals surface area contributed by atoms with Crippen LogP contribution in [0.2, 0.25) is 0 Å². The Morgan fingerprint density at radius 1 is 0.933 bits per heavy atom. The van der Waals surface area contributed by atoms with Gasteiger partial charge in [0.15, 0.2) is 5.60 Å². The van der Waals surface area contributed by atoms with Crippen LogP contribution < -0.4 is 0 Å². The summed E-state index contributed by atoms with van der Waals surface area (Å²) >= 11 is 0. The molecule has 0 fully saturated rings. The third-order valence-electron chi connectivity index (χ3n) is 6.04. The maximum atomic E-state index is 14.2. The zero-order chi connectivity index (χ0) is 22.2. The van der Waals surface area contributed by atoms with E-state index in [-0.39, 0.29) is 0 Å². The van der Waals surface area contributed by atoms with Crippen LogP contribution >= 0.6 is 0 Å². The zero-order valence-corrected chi connectivity index (χ0v) is 17.8. The van der Waals surface area contributed by atoms with Crippen LogP contribution in [-0.2, 0) is 18.3 Å². The summed E-state index contributed by atoms with van der Waals surface area (Å²) in [6.07, 6.45) is -3.43. The Hall–Kier alpha value is -2.40. The first-order valence-corrected chi connectivity index (χ1v) is 10.2. The van der Waals surface area contributed by atoms with Crippen molar-refractivity contribution in [2.75, 3.05) is 0 Å². The van der Waals surface area contributed by atoms with Gasteiger partial charge in [0.2, 0.25) is 0 Å². The van der Waals surface area contributed by atoms with Gasteiger partial charge in [0.25, 0.3) is 0 Å². The van der Waals surface area contributed by atoms with Crippen molar-refractivity contribution >= 4 is 10.9 Å². The topological polar surface area (TPSA) is 33.1 Å². The predicted octanol–water partition coefficient (Wildman–Crippen LogP) is 6.31. The molecule has 3 aromatic rings. The molecule has 0 saturated carbocycles. The molecule has 2 nitrogen and oxygen atoms in total. The Bertz CT molecular complexity index is 1040. The number of fused-ring (bicyclic) bond motifs is 1. The molecule has 0 aliphatic heterocycles. The Balaban J connectivity index is 2.04. The maximum absolute atomic E-state index is 14.2. The molecule has 1 unspecified atom stereocenters. The van der Waals surface area contributed by atoms with E-state index < -0.39 is 30.0 Å².